The first-order valence-corrected chi connectivity index (χ1v) is 5.70. The summed E-state index contributed by atoms with van der Waals surface area (Å²) in [6, 6.07) is 0. The Kier molecular flexibility index (Phi) is 6.13. The Morgan fingerprint density at radius 2 is 1.79 bits per heavy atom. The van der Waals surface area contributed by atoms with Crippen LogP contribution in [-0.4, -0.2) is 9.97 Å². The van der Waals surface area contributed by atoms with Crippen molar-refractivity contribution in [2.75, 3.05) is 0 Å². The van der Waals surface area contributed by atoms with Gasteiger partial charge in [-0.25, -0.2) is 4.98 Å². The van der Waals surface area contributed by atoms with Gasteiger partial charge < -0.3 is 4.98 Å². The number of H-pyrrole nitrogens is 1. The van der Waals surface area contributed by atoms with E-state index in [1.807, 2.05) is 6.20 Å². The highest BCUT2D eigenvalue weighted by atomic mass is 14.9. The Balaban J connectivity index is 1.85. The van der Waals surface area contributed by atoms with Gasteiger partial charge in [0.25, 0.3) is 0 Å². The fraction of sp³-hybridized carbons (Fsp3) is 0.667. The summed E-state index contributed by atoms with van der Waals surface area (Å²) in [7, 11) is 0. The van der Waals surface area contributed by atoms with Crippen LogP contribution in [0.3, 0.4) is 0 Å². The van der Waals surface area contributed by atoms with Crippen molar-refractivity contribution in [3.63, 3.8) is 0 Å². The molecule has 2 nitrogen and oxygen atoms in total. The van der Waals surface area contributed by atoms with Crippen molar-refractivity contribution >= 4 is 0 Å². The Bertz CT molecular complexity index is 204. The molecule has 0 unspecified atom stereocenters. The number of rotatable bonds is 8. The highest BCUT2D eigenvalue weighted by Crippen LogP contribution is 2.08. The van der Waals surface area contributed by atoms with Crippen molar-refractivity contribution < 1.29 is 0 Å². The summed E-state index contributed by atoms with van der Waals surface area (Å²) < 4.78 is 0. The first-order valence-electron chi connectivity index (χ1n) is 5.70. The molecule has 0 saturated heterocycles. The van der Waals surface area contributed by atoms with E-state index >= 15 is 0 Å². The molecule has 0 aliphatic carbocycles. The number of aromatic amines is 1. The fourth-order valence-corrected chi connectivity index (χ4v) is 1.62. The number of unbranched alkanes of at least 4 members (excludes halogenated alkanes) is 6. The molecule has 0 spiro atoms. The van der Waals surface area contributed by atoms with Gasteiger partial charge in [0.15, 0.2) is 0 Å². The van der Waals surface area contributed by atoms with Crippen molar-refractivity contribution in [1.29, 1.82) is 0 Å². The summed E-state index contributed by atoms with van der Waals surface area (Å²) in [5, 5.41) is 0. The Hall–Kier alpha value is -0.790. The van der Waals surface area contributed by atoms with E-state index in [0.717, 1.165) is 12.8 Å². The second-order valence-corrected chi connectivity index (χ2v) is 3.79. The summed E-state index contributed by atoms with van der Waals surface area (Å²) >= 11 is 0. The summed E-state index contributed by atoms with van der Waals surface area (Å²) in [5.74, 6) is 0. The van der Waals surface area contributed by atoms with Gasteiger partial charge in [-0.05, 0) is 12.8 Å². The zero-order valence-corrected chi connectivity index (χ0v) is 8.97. The molecule has 0 saturated carbocycles. The van der Waals surface area contributed by atoms with Gasteiger partial charge in [0.2, 0.25) is 0 Å². The van der Waals surface area contributed by atoms with Gasteiger partial charge in [-0.1, -0.05) is 45.4 Å². The topological polar surface area (TPSA) is 28.7 Å². The van der Waals surface area contributed by atoms with Crippen LogP contribution >= 0.6 is 0 Å². The molecule has 14 heavy (non-hydrogen) atoms. The zero-order chi connectivity index (χ0) is 10.1. The standard InChI is InChI=1S/C12H21N2/c1-2-3-4-5-6-7-8-9-12-10-13-11-14-12/h10-11H,1-9H2,(H,13,14). The number of nitrogens with zero attached hydrogens (tertiary/aromatic N) is 1. The molecule has 1 rings (SSSR count). The van der Waals surface area contributed by atoms with Crippen LogP contribution in [0.15, 0.2) is 12.5 Å². The van der Waals surface area contributed by atoms with Crippen molar-refractivity contribution in [3.05, 3.63) is 25.1 Å². The Morgan fingerprint density at radius 3 is 2.43 bits per heavy atom. The lowest BCUT2D eigenvalue weighted by atomic mass is 10.1. The minimum Gasteiger partial charge on any atom is -0.351 e. The van der Waals surface area contributed by atoms with E-state index in [0.29, 0.717) is 0 Å². The molecule has 0 bridgehead atoms. The molecule has 0 aromatic carbocycles. The number of aryl methyl sites for hydroxylation is 1. The second kappa shape index (κ2) is 7.60. The van der Waals surface area contributed by atoms with Crippen LogP contribution in [-0.2, 0) is 6.42 Å². The second-order valence-electron chi connectivity index (χ2n) is 3.79. The lowest BCUT2D eigenvalue weighted by molar-refractivity contribution is 0.594. The molecule has 1 aromatic heterocycles. The molecule has 1 N–H and O–H groups in total. The third-order valence-corrected chi connectivity index (χ3v) is 2.49. The van der Waals surface area contributed by atoms with E-state index in [-0.39, 0.29) is 0 Å². The lowest BCUT2D eigenvalue weighted by Crippen LogP contribution is -1.86. The Morgan fingerprint density at radius 1 is 1.07 bits per heavy atom. The van der Waals surface area contributed by atoms with Gasteiger partial charge in [0.1, 0.15) is 0 Å². The predicted octanol–water partition coefficient (Wildman–Crippen LogP) is 3.52. The van der Waals surface area contributed by atoms with Crippen LogP contribution in [0, 0.1) is 6.92 Å². The molecule has 1 radical (unpaired) electrons. The van der Waals surface area contributed by atoms with Gasteiger partial charge in [0.05, 0.1) is 12.0 Å². The van der Waals surface area contributed by atoms with Gasteiger partial charge in [-0.3, -0.25) is 0 Å². The maximum Gasteiger partial charge on any atom is 0.0923 e. The highest BCUT2D eigenvalue weighted by Gasteiger charge is 1.94. The van der Waals surface area contributed by atoms with Crippen LogP contribution in [0.5, 0.6) is 0 Å². The van der Waals surface area contributed by atoms with E-state index in [1.54, 1.807) is 6.33 Å². The van der Waals surface area contributed by atoms with Crippen LogP contribution in [0.2, 0.25) is 0 Å². The molecular formula is C12H21N2. The van der Waals surface area contributed by atoms with Gasteiger partial charge in [-0.2, -0.15) is 0 Å². The lowest BCUT2D eigenvalue weighted by Gasteiger charge is -1.99. The highest BCUT2D eigenvalue weighted by molar-refractivity contribution is 4.93. The monoisotopic (exact) mass is 193 g/mol. The molecule has 2 heteroatoms. The van der Waals surface area contributed by atoms with E-state index < -0.39 is 0 Å². The van der Waals surface area contributed by atoms with Gasteiger partial charge in [0, 0.05) is 6.20 Å². The minimum atomic E-state index is 1.09. The molecule has 0 amide bonds. The summed E-state index contributed by atoms with van der Waals surface area (Å²) in [6.07, 6.45) is 13.9. The third kappa shape index (κ3) is 5.05. The molecule has 0 aliphatic heterocycles. The molecule has 0 aliphatic rings. The van der Waals surface area contributed by atoms with Crippen molar-refractivity contribution in [2.24, 2.45) is 0 Å². The maximum absolute atomic E-state index is 4.20. The van der Waals surface area contributed by atoms with Crippen molar-refractivity contribution in [2.45, 2.75) is 51.4 Å². The van der Waals surface area contributed by atoms with Crippen LogP contribution in [0.4, 0.5) is 0 Å². The maximum atomic E-state index is 4.20. The zero-order valence-electron chi connectivity index (χ0n) is 8.97. The number of imidazole rings is 1. The Labute approximate surface area is 87.1 Å². The van der Waals surface area contributed by atoms with E-state index in [4.69, 9.17) is 0 Å². The summed E-state index contributed by atoms with van der Waals surface area (Å²) in [5.41, 5.74) is 1.20. The van der Waals surface area contributed by atoms with Crippen LogP contribution in [0.25, 0.3) is 0 Å². The number of hydrogen-bond acceptors (Lipinski definition) is 1. The van der Waals surface area contributed by atoms with Crippen LogP contribution in [0.1, 0.15) is 50.6 Å². The smallest absolute Gasteiger partial charge is 0.0923 e. The van der Waals surface area contributed by atoms with E-state index in [9.17, 15) is 0 Å². The van der Waals surface area contributed by atoms with Gasteiger partial charge in [-0.15, -0.1) is 0 Å². The van der Waals surface area contributed by atoms with Gasteiger partial charge >= 0.3 is 0 Å². The largest absolute Gasteiger partial charge is 0.351 e. The molecule has 1 heterocycles. The summed E-state index contributed by atoms with van der Waals surface area (Å²) in [4.78, 5) is 7.18. The fourth-order valence-electron chi connectivity index (χ4n) is 1.62. The first kappa shape index (κ1) is 11.3. The third-order valence-electron chi connectivity index (χ3n) is 2.49. The molecular weight excluding hydrogens is 172 g/mol. The number of hydrogen-bond donors (Lipinski definition) is 1. The quantitative estimate of drug-likeness (QED) is 0.629. The number of aromatic nitrogens is 2. The molecule has 79 valence electrons. The van der Waals surface area contributed by atoms with E-state index in [1.165, 1.54) is 44.2 Å². The molecule has 0 atom stereocenters. The summed E-state index contributed by atoms with van der Waals surface area (Å²) in [6.45, 7) is 3.84. The van der Waals surface area contributed by atoms with Crippen molar-refractivity contribution in [3.8, 4) is 0 Å². The SMILES string of the molecule is [CH2]CCCCCCCCc1c[nH]cn1. The predicted molar refractivity (Wildman–Crippen MR) is 60.0 cm³/mol. The number of nitrogens with one attached hydrogen (secondary N) is 1. The minimum absolute atomic E-state index is 1.09. The molecule has 0 fully saturated rings. The van der Waals surface area contributed by atoms with E-state index in [2.05, 4.69) is 16.9 Å². The average molecular weight is 193 g/mol. The van der Waals surface area contributed by atoms with Crippen molar-refractivity contribution in [1.82, 2.24) is 9.97 Å². The average Bonchev–Trinajstić information content (AvgIpc) is 2.69. The first-order chi connectivity index (χ1) is 6.93. The van der Waals surface area contributed by atoms with Crippen LogP contribution < -0.4 is 0 Å². The molecule has 1 aromatic rings. The normalized spacial score (nSPS) is 10.6.